The van der Waals surface area contributed by atoms with Crippen LogP contribution >= 0.6 is 0 Å². The van der Waals surface area contributed by atoms with E-state index in [4.69, 9.17) is 9.47 Å². The lowest BCUT2D eigenvalue weighted by atomic mass is 10.1. The van der Waals surface area contributed by atoms with Crippen molar-refractivity contribution in [1.82, 2.24) is 15.2 Å². The number of pyridine rings is 1. The Morgan fingerprint density at radius 1 is 1.03 bits per heavy atom. The Bertz CT molecular complexity index is 804. The van der Waals surface area contributed by atoms with Crippen LogP contribution < -0.4 is 19.7 Å². The fourth-order valence-corrected chi connectivity index (χ4v) is 3.59. The Morgan fingerprint density at radius 2 is 1.80 bits per heavy atom. The number of anilines is 1. The molecule has 2 aromatic rings. The SMILES string of the molecule is CCOc1ccc(CCNC(=NC)N2CCN(c3ccccn3)CC2)cc1OCC. The third-order valence-electron chi connectivity index (χ3n) is 5.07. The summed E-state index contributed by atoms with van der Waals surface area (Å²) in [6.07, 6.45) is 2.74. The molecule has 7 nitrogen and oxygen atoms in total. The zero-order chi connectivity index (χ0) is 21.2. The third-order valence-corrected chi connectivity index (χ3v) is 5.07. The molecule has 1 aromatic carbocycles. The molecule has 0 atom stereocenters. The fraction of sp³-hybridized carbons (Fsp3) is 0.478. The molecule has 1 aliphatic heterocycles. The first-order valence-corrected chi connectivity index (χ1v) is 10.7. The quantitative estimate of drug-likeness (QED) is 0.532. The summed E-state index contributed by atoms with van der Waals surface area (Å²) in [5.74, 6) is 3.61. The van der Waals surface area contributed by atoms with Crippen molar-refractivity contribution in [2.45, 2.75) is 20.3 Å². The summed E-state index contributed by atoms with van der Waals surface area (Å²) in [5, 5.41) is 3.50. The predicted octanol–water partition coefficient (Wildman–Crippen LogP) is 2.82. The number of piperazine rings is 1. The molecule has 1 saturated heterocycles. The molecule has 7 heteroatoms. The molecule has 1 N–H and O–H groups in total. The first-order chi connectivity index (χ1) is 14.7. The minimum Gasteiger partial charge on any atom is -0.490 e. The van der Waals surface area contributed by atoms with Crippen molar-refractivity contribution in [3.05, 3.63) is 48.2 Å². The number of guanidine groups is 1. The van der Waals surface area contributed by atoms with Gasteiger partial charge in [-0.25, -0.2) is 4.98 Å². The van der Waals surface area contributed by atoms with Crippen molar-refractivity contribution in [2.75, 3.05) is 57.9 Å². The van der Waals surface area contributed by atoms with E-state index >= 15 is 0 Å². The first kappa shape index (κ1) is 21.7. The second kappa shape index (κ2) is 11.3. The molecule has 1 aliphatic rings. The van der Waals surface area contributed by atoms with E-state index in [2.05, 4.69) is 43.3 Å². The normalized spacial score (nSPS) is 14.6. The number of aromatic nitrogens is 1. The van der Waals surface area contributed by atoms with Gasteiger partial charge in [-0.3, -0.25) is 4.99 Å². The van der Waals surface area contributed by atoms with E-state index in [1.807, 2.05) is 45.3 Å². The van der Waals surface area contributed by atoms with Crippen LogP contribution in [0.15, 0.2) is 47.6 Å². The van der Waals surface area contributed by atoms with Gasteiger partial charge in [-0.05, 0) is 50.1 Å². The maximum absolute atomic E-state index is 5.73. The lowest BCUT2D eigenvalue weighted by molar-refractivity contribution is 0.287. The highest BCUT2D eigenvalue weighted by molar-refractivity contribution is 5.80. The van der Waals surface area contributed by atoms with Gasteiger partial charge in [0.1, 0.15) is 5.82 Å². The third kappa shape index (κ3) is 5.78. The minimum absolute atomic E-state index is 0.624. The molecular weight excluding hydrogens is 378 g/mol. The zero-order valence-corrected chi connectivity index (χ0v) is 18.3. The molecule has 0 radical (unpaired) electrons. The van der Waals surface area contributed by atoms with Gasteiger partial charge in [-0.2, -0.15) is 0 Å². The molecule has 0 spiro atoms. The maximum Gasteiger partial charge on any atom is 0.193 e. The average Bonchev–Trinajstić information content (AvgIpc) is 2.79. The van der Waals surface area contributed by atoms with Gasteiger partial charge >= 0.3 is 0 Å². The average molecular weight is 412 g/mol. The standard InChI is InChI=1S/C23H33N5O2/c1-4-29-20-10-9-19(18-21(20)30-5-2)11-13-26-23(24-3)28-16-14-27(15-17-28)22-8-6-7-12-25-22/h6-10,12,18H,4-5,11,13-17H2,1-3H3,(H,24,26). The second-order valence-electron chi connectivity index (χ2n) is 7.03. The number of nitrogens with one attached hydrogen (secondary N) is 1. The van der Waals surface area contributed by atoms with Crippen molar-refractivity contribution in [2.24, 2.45) is 4.99 Å². The van der Waals surface area contributed by atoms with Gasteiger partial charge in [0.15, 0.2) is 17.5 Å². The van der Waals surface area contributed by atoms with Crippen LogP contribution in [-0.4, -0.2) is 68.8 Å². The number of ether oxygens (including phenoxy) is 2. The lowest BCUT2D eigenvalue weighted by Gasteiger charge is -2.37. The molecule has 0 aliphatic carbocycles. The number of benzene rings is 1. The Hall–Kier alpha value is -2.96. The van der Waals surface area contributed by atoms with Crippen LogP contribution in [0.3, 0.4) is 0 Å². The maximum atomic E-state index is 5.73. The van der Waals surface area contributed by atoms with Gasteiger partial charge in [-0.1, -0.05) is 12.1 Å². The summed E-state index contributed by atoms with van der Waals surface area (Å²) in [5.41, 5.74) is 1.21. The molecule has 0 unspecified atom stereocenters. The number of hydrogen-bond donors (Lipinski definition) is 1. The van der Waals surface area contributed by atoms with E-state index in [1.54, 1.807) is 0 Å². The van der Waals surface area contributed by atoms with E-state index in [0.29, 0.717) is 13.2 Å². The van der Waals surface area contributed by atoms with Crippen LogP contribution in [0.25, 0.3) is 0 Å². The van der Waals surface area contributed by atoms with Crippen LogP contribution in [0, 0.1) is 0 Å². The van der Waals surface area contributed by atoms with Crippen LogP contribution in [0.1, 0.15) is 19.4 Å². The Labute approximate surface area is 179 Å². The van der Waals surface area contributed by atoms with E-state index in [9.17, 15) is 0 Å². The van der Waals surface area contributed by atoms with Crippen molar-refractivity contribution >= 4 is 11.8 Å². The summed E-state index contributed by atoms with van der Waals surface area (Å²) in [4.78, 5) is 13.6. The van der Waals surface area contributed by atoms with Crippen molar-refractivity contribution < 1.29 is 9.47 Å². The van der Waals surface area contributed by atoms with Crippen molar-refractivity contribution in [3.8, 4) is 11.5 Å². The predicted molar refractivity (Wildman–Crippen MR) is 122 cm³/mol. The smallest absolute Gasteiger partial charge is 0.193 e. The van der Waals surface area contributed by atoms with E-state index in [0.717, 1.165) is 62.4 Å². The van der Waals surface area contributed by atoms with Crippen molar-refractivity contribution in [1.29, 1.82) is 0 Å². The van der Waals surface area contributed by atoms with Crippen LogP contribution in [0.2, 0.25) is 0 Å². The first-order valence-electron chi connectivity index (χ1n) is 10.7. The molecule has 0 bridgehead atoms. The number of hydrogen-bond acceptors (Lipinski definition) is 5. The van der Waals surface area contributed by atoms with Gasteiger partial charge in [-0.15, -0.1) is 0 Å². The fourth-order valence-electron chi connectivity index (χ4n) is 3.59. The molecule has 0 amide bonds. The summed E-state index contributed by atoms with van der Waals surface area (Å²) >= 11 is 0. The summed E-state index contributed by atoms with van der Waals surface area (Å²) in [7, 11) is 1.84. The van der Waals surface area contributed by atoms with Crippen LogP contribution in [0.5, 0.6) is 11.5 Å². The Balaban J connectivity index is 1.50. The van der Waals surface area contributed by atoms with Gasteiger partial charge in [0.25, 0.3) is 0 Å². The van der Waals surface area contributed by atoms with Crippen LogP contribution in [0.4, 0.5) is 5.82 Å². The molecular formula is C23H33N5O2. The number of rotatable bonds is 8. The largest absolute Gasteiger partial charge is 0.490 e. The van der Waals surface area contributed by atoms with E-state index in [-0.39, 0.29) is 0 Å². The lowest BCUT2D eigenvalue weighted by Crippen LogP contribution is -2.53. The monoisotopic (exact) mass is 411 g/mol. The zero-order valence-electron chi connectivity index (χ0n) is 18.3. The van der Waals surface area contributed by atoms with E-state index in [1.165, 1.54) is 5.56 Å². The second-order valence-corrected chi connectivity index (χ2v) is 7.03. The van der Waals surface area contributed by atoms with Gasteiger partial charge < -0.3 is 24.6 Å². The molecule has 30 heavy (non-hydrogen) atoms. The molecule has 1 aromatic heterocycles. The van der Waals surface area contributed by atoms with Gasteiger partial charge in [0, 0.05) is 46.0 Å². The highest BCUT2D eigenvalue weighted by Gasteiger charge is 2.20. The molecule has 0 saturated carbocycles. The molecule has 162 valence electrons. The van der Waals surface area contributed by atoms with Crippen LogP contribution in [-0.2, 0) is 6.42 Å². The van der Waals surface area contributed by atoms with Gasteiger partial charge in [0.05, 0.1) is 13.2 Å². The van der Waals surface area contributed by atoms with E-state index < -0.39 is 0 Å². The molecule has 2 heterocycles. The summed E-state index contributed by atoms with van der Waals surface area (Å²) < 4.78 is 11.4. The molecule has 3 rings (SSSR count). The topological polar surface area (TPSA) is 62.2 Å². The highest BCUT2D eigenvalue weighted by atomic mass is 16.5. The molecule has 1 fully saturated rings. The number of aliphatic imine (C=N–C) groups is 1. The van der Waals surface area contributed by atoms with Crippen molar-refractivity contribution in [3.63, 3.8) is 0 Å². The summed E-state index contributed by atoms with van der Waals surface area (Å²) in [6, 6.07) is 12.2. The Morgan fingerprint density at radius 3 is 2.47 bits per heavy atom. The highest BCUT2D eigenvalue weighted by Crippen LogP contribution is 2.28. The van der Waals surface area contributed by atoms with Gasteiger partial charge in [0.2, 0.25) is 0 Å². The minimum atomic E-state index is 0.624. The number of nitrogens with zero attached hydrogens (tertiary/aromatic N) is 4. The summed E-state index contributed by atoms with van der Waals surface area (Å²) in [6.45, 7) is 9.76. The Kier molecular flexibility index (Phi) is 8.18.